The topological polar surface area (TPSA) is 110 Å². The number of likely N-dealkylation sites (tertiary alicyclic amines) is 1. The Hall–Kier alpha value is -4.81. The first-order valence-electron chi connectivity index (χ1n) is 15.7. The molecule has 1 N–H and O–H groups in total. The van der Waals surface area contributed by atoms with Crippen LogP contribution in [0.2, 0.25) is 0 Å². The SMILES string of the molecule is Cc1ccc(S(=O)(=O)N/N=C/c2cc3c(-c4ccc(F)cc4)c(C(C)C)c(OC4CN(C(=O)OCc5ccccc5)C4)nc3cc2Br)cc1. The van der Waals surface area contributed by atoms with E-state index >= 15 is 0 Å². The third-order valence-corrected chi connectivity index (χ3v) is 10.0. The van der Waals surface area contributed by atoms with E-state index in [1.54, 1.807) is 29.2 Å². The summed E-state index contributed by atoms with van der Waals surface area (Å²) in [6, 6.07) is 25.8. The van der Waals surface area contributed by atoms with Crippen molar-refractivity contribution in [2.24, 2.45) is 5.10 Å². The maximum absolute atomic E-state index is 14.1. The Morgan fingerprint density at radius 1 is 1.06 bits per heavy atom. The molecule has 1 amide bonds. The number of sulfonamides is 1. The Labute approximate surface area is 293 Å². The first-order chi connectivity index (χ1) is 23.5. The quantitative estimate of drug-likeness (QED) is 0.115. The number of carbonyl (C=O) groups excluding carboxylic acids is 1. The number of benzene rings is 4. The second-order valence-electron chi connectivity index (χ2n) is 12.1. The second-order valence-corrected chi connectivity index (χ2v) is 14.6. The lowest BCUT2D eigenvalue weighted by Gasteiger charge is -2.38. The lowest BCUT2D eigenvalue weighted by atomic mass is 9.89. The van der Waals surface area contributed by atoms with Crippen molar-refractivity contribution in [3.63, 3.8) is 0 Å². The Balaban J connectivity index is 1.29. The van der Waals surface area contributed by atoms with Crippen LogP contribution < -0.4 is 9.57 Å². The first kappa shape index (κ1) is 34.1. The molecule has 12 heteroatoms. The van der Waals surface area contributed by atoms with Gasteiger partial charge in [0, 0.05) is 21.0 Å². The van der Waals surface area contributed by atoms with Crippen LogP contribution in [0.15, 0.2) is 105 Å². The van der Waals surface area contributed by atoms with Gasteiger partial charge in [-0.05, 0) is 65.9 Å². The number of nitrogens with zero attached hydrogens (tertiary/aromatic N) is 3. The van der Waals surface area contributed by atoms with Gasteiger partial charge in [0.15, 0.2) is 0 Å². The summed E-state index contributed by atoms with van der Waals surface area (Å²) < 4.78 is 52.2. The molecule has 0 atom stereocenters. The summed E-state index contributed by atoms with van der Waals surface area (Å²) in [5.74, 6) is -0.000764. The van der Waals surface area contributed by atoms with Crippen LogP contribution in [0.1, 0.15) is 42.0 Å². The predicted molar refractivity (Wildman–Crippen MR) is 191 cm³/mol. The molecule has 0 unspecified atom stereocenters. The summed E-state index contributed by atoms with van der Waals surface area (Å²) in [6.45, 7) is 6.80. The summed E-state index contributed by atoms with van der Waals surface area (Å²) >= 11 is 3.59. The fraction of sp³-hybridized carbons (Fsp3) is 0.216. The van der Waals surface area contributed by atoms with E-state index in [0.29, 0.717) is 34.5 Å². The van der Waals surface area contributed by atoms with Crippen molar-refractivity contribution in [2.75, 3.05) is 13.1 Å². The molecule has 0 bridgehead atoms. The number of amides is 1. The molecule has 1 saturated heterocycles. The Morgan fingerprint density at radius 2 is 1.76 bits per heavy atom. The van der Waals surface area contributed by atoms with E-state index < -0.39 is 16.1 Å². The normalized spacial score (nSPS) is 13.6. The maximum Gasteiger partial charge on any atom is 0.410 e. The van der Waals surface area contributed by atoms with Crippen LogP contribution in [-0.4, -0.2) is 49.8 Å². The van der Waals surface area contributed by atoms with Gasteiger partial charge >= 0.3 is 6.09 Å². The van der Waals surface area contributed by atoms with Crippen molar-refractivity contribution in [2.45, 2.75) is 44.3 Å². The zero-order valence-corrected chi connectivity index (χ0v) is 29.5. The van der Waals surface area contributed by atoms with Gasteiger partial charge in [0.25, 0.3) is 10.0 Å². The molecule has 1 aromatic heterocycles. The zero-order chi connectivity index (χ0) is 34.7. The van der Waals surface area contributed by atoms with Crippen LogP contribution in [0.5, 0.6) is 5.88 Å². The van der Waals surface area contributed by atoms with E-state index in [0.717, 1.165) is 33.2 Å². The summed E-state index contributed by atoms with van der Waals surface area (Å²) in [4.78, 5) is 21.5. The van der Waals surface area contributed by atoms with Gasteiger partial charge in [0.05, 0.1) is 29.7 Å². The van der Waals surface area contributed by atoms with E-state index in [1.807, 2.05) is 63.2 Å². The molecule has 6 rings (SSSR count). The number of rotatable bonds is 10. The molecule has 2 heterocycles. The minimum absolute atomic E-state index is 0.0546. The molecule has 0 aliphatic carbocycles. The minimum Gasteiger partial charge on any atom is -0.470 e. The number of hydrogen-bond acceptors (Lipinski definition) is 7. The molecule has 1 aliphatic rings. The predicted octanol–water partition coefficient (Wildman–Crippen LogP) is 7.95. The number of aryl methyl sites for hydroxylation is 1. The van der Waals surface area contributed by atoms with Gasteiger partial charge < -0.3 is 14.4 Å². The second kappa shape index (κ2) is 14.4. The van der Waals surface area contributed by atoms with Gasteiger partial charge in [-0.15, -0.1) is 0 Å². The summed E-state index contributed by atoms with van der Waals surface area (Å²) in [5.41, 5.74) is 5.41. The van der Waals surface area contributed by atoms with Crippen LogP contribution in [0.4, 0.5) is 9.18 Å². The van der Waals surface area contributed by atoms with Gasteiger partial charge in [0.1, 0.15) is 18.5 Å². The molecule has 0 spiro atoms. The highest BCUT2D eigenvalue weighted by molar-refractivity contribution is 9.10. The molecular formula is C37H34BrFN4O5S. The fourth-order valence-corrected chi connectivity index (χ4v) is 6.74. The molecule has 0 radical (unpaired) electrons. The molecule has 1 aliphatic heterocycles. The van der Waals surface area contributed by atoms with Crippen molar-refractivity contribution >= 4 is 49.2 Å². The largest absolute Gasteiger partial charge is 0.470 e. The van der Waals surface area contributed by atoms with Gasteiger partial charge in [-0.25, -0.2) is 19.0 Å². The number of fused-ring (bicyclic) bond motifs is 1. The smallest absolute Gasteiger partial charge is 0.410 e. The van der Waals surface area contributed by atoms with Crippen LogP contribution in [-0.2, 0) is 21.4 Å². The highest BCUT2D eigenvalue weighted by Crippen LogP contribution is 2.42. The van der Waals surface area contributed by atoms with Crippen molar-refractivity contribution in [3.05, 3.63) is 124 Å². The van der Waals surface area contributed by atoms with Crippen molar-refractivity contribution < 1.29 is 27.1 Å². The number of hydrogen-bond donors (Lipinski definition) is 1. The number of hydrazone groups is 1. The number of ether oxygens (including phenoxy) is 2. The number of pyridine rings is 1. The average molecular weight is 746 g/mol. The number of nitrogens with one attached hydrogen (secondary N) is 1. The van der Waals surface area contributed by atoms with Gasteiger partial charge in [-0.3, -0.25) is 0 Å². The minimum atomic E-state index is -3.88. The molecule has 9 nitrogen and oxygen atoms in total. The van der Waals surface area contributed by atoms with Crippen molar-refractivity contribution in [3.8, 4) is 17.0 Å². The monoisotopic (exact) mass is 744 g/mol. The highest BCUT2D eigenvalue weighted by atomic mass is 79.9. The molecule has 5 aromatic rings. The number of aromatic nitrogens is 1. The van der Waals surface area contributed by atoms with E-state index in [-0.39, 0.29) is 29.3 Å². The van der Waals surface area contributed by atoms with Crippen LogP contribution in [0, 0.1) is 12.7 Å². The summed E-state index contributed by atoms with van der Waals surface area (Å²) in [5, 5.41) is 4.79. The maximum atomic E-state index is 14.1. The van der Waals surface area contributed by atoms with Gasteiger partial charge in [-0.2, -0.15) is 13.5 Å². The van der Waals surface area contributed by atoms with Gasteiger partial charge in [0.2, 0.25) is 5.88 Å². The molecule has 1 fully saturated rings. The lowest BCUT2D eigenvalue weighted by molar-refractivity contribution is 0.00645. The Morgan fingerprint density at radius 3 is 2.43 bits per heavy atom. The standard InChI is InChI=1S/C37H34BrFN4O5S/c1-23(2)34-35(26-11-13-28(39)14-12-26)31-17-27(19-40-42-49(45,46)30-15-9-24(3)10-16-30)32(38)18-33(31)41-36(34)48-29-20-43(21-29)37(44)47-22-25-7-5-4-6-8-25/h4-19,23,29,42H,20-22H2,1-3H3/b40-19+. The summed E-state index contributed by atoms with van der Waals surface area (Å²) in [7, 11) is -3.88. The van der Waals surface area contributed by atoms with E-state index in [4.69, 9.17) is 14.5 Å². The van der Waals surface area contributed by atoms with E-state index in [1.165, 1.54) is 30.5 Å². The van der Waals surface area contributed by atoms with Crippen molar-refractivity contribution in [1.29, 1.82) is 0 Å². The third-order valence-electron chi connectivity index (χ3n) is 8.11. The highest BCUT2D eigenvalue weighted by Gasteiger charge is 2.35. The molecule has 252 valence electrons. The van der Waals surface area contributed by atoms with Crippen LogP contribution in [0.25, 0.3) is 22.0 Å². The number of halogens is 2. The Kier molecular flexibility index (Phi) is 9.98. The van der Waals surface area contributed by atoms with E-state index in [9.17, 15) is 17.6 Å². The average Bonchev–Trinajstić information content (AvgIpc) is 3.05. The fourth-order valence-electron chi connectivity index (χ4n) is 5.51. The third kappa shape index (κ3) is 7.76. The zero-order valence-electron chi connectivity index (χ0n) is 27.1. The van der Waals surface area contributed by atoms with Crippen LogP contribution in [0.3, 0.4) is 0 Å². The molecule has 4 aromatic carbocycles. The van der Waals surface area contributed by atoms with Crippen LogP contribution >= 0.6 is 15.9 Å². The van der Waals surface area contributed by atoms with Crippen molar-refractivity contribution in [1.82, 2.24) is 14.7 Å². The molecule has 0 saturated carbocycles. The lowest BCUT2D eigenvalue weighted by Crippen LogP contribution is -2.56. The summed E-state index contributed by atoms with van der Waals surface area (Å²) in [6.07, 6.45) is 0.706. The Bertz CT molecular complexity index is 2120. The molecule has 49 heavy (non-hydrogen) atoms. The first-order valence-corrected chi connectivity index (χ1v) is 17.9. The van der Waals surface area contributed by atoms with E-state index in [2.05, 4.69) is 25.9 Å². The molecular weight excluding hydrogens is 711 g/mol. The van der Waals surface area contributed by atoms with Gasteiger partial charge in [-0.1, -0.05) is 89.9 Å². The number of carbonyl (C=O) groups is 1.